The summed E-state index contributed by atoms with van der Waals surface area (Å²) >= 11 is 0. The lowest BCUT2D eigenvalue weighted by atomic mass is 10.4. The summed E-state index contributed by atoms with van der Waals surface area (Å²) in [5.41, 5.74) is 0. The minimum atomic E-state index is -3.48. The van der Waals surface area contributed by atoms with E-state index in [9.17, 15) is 8.42 Å². The molecule has 20 heavy (non-hydrogen) atoms. The van der Waals surface area contributed by atoms with Gasteiger partial charge in [0.25, 0.3) is 10.1 Å². The first-order valence-corrected chi connectivity index (χ1v) is 9.94. The maximum atomic E-state index is 11.7. The van der Waals surface area contributed by atoms with Crippen LogP contribution in [0.1, 0.15) is 12.8 Å². The first kappa shape index (κ1) is 20.0. The Balaban J connectivity index is 4.11. The quantitative estimate of drug-likeness (QED) is 0.182. The highest BCUT2D eigenvalue weighted by Gasteiger charge is 2.36. The molecule has 9 heteroatoms. The molecule has 0 aliphatic carbocycles. The number of quaternary nitrogens is 1. The van der Waals surface area contributed by atoms with E-state index >= 15 is 0 Å². The van der Waals surface area contributed by atoms with Crippen molar-refractivity contribution >= 4 is 18.9 Å². The van der Waals surface area contributed by atoms with E-state index in [1.807, 2.05) is 21.1 Å². The van der Waals surface area contributed by atoms with Gasteiger partial charge in [-0.05, 0) is 12.8 Å². The number of unbranched alkanes of at least 4 members (excludes halogenated alkanes) is 1. The Morgan fingerprint density at radius 1 is 0.950 bits per heavy atom. The number of nitrogens with zero attached hydrogens (tertiary/aromatic N) is 1. The lowest BCUT2D eigenvalue weighted by Gasteiger charge is -2.24. The van der Waals surface area contributed by atoms with Crippen LogP contribution in [0.25, 0.3) is 0 Å². The zero-order chi connectivity index (χ0) is 15.9. The minimum absolute atomic E-state index is 0.00533. The third-order valence-electron chi connectivity index (χ3n) is 2.68. The van der Waals surface area contributed by atoms with Gasteiger partial charge in [-0.25, -0.2) is 4.18 Å². The summed E-state index contributed by atoms with van der Waals surface area (Å²) < 4.78 is 44.6. The maximum Gasteiger partial charge on any atom is 0.500 e. The molecule has 0 N–H and O–H groups in total. The average Bonchev–Trinajstić information content (AvgIpc) is 2.37. The van der Waals surface area contributed by atoms with Crippen molar-refractivity contribution in [1.29, 1.82) is 0 Å². The first-order chi connectivity index (χ1) is 9.10. The molecule has 0 radical (unpaired) electrons. The Kier molecular flexibility index (Phi) is 8.41. The van der Waals surface area contributed by atoms with Crippen LogP contribution in [0.4, 0.5) is 0 Å². The molecule has 7 nitrogen and oxygen atoms in total. The fourth-order valence-corrected chi connectivity index (χ4v) is 4.42. The molecule has 0 saturated heterocycles. The van der Waals surface area contributed by atoms with E-state index in [0.717, 1.165) is 0 Å². The molecule has 0 bridgehead atoms. The summed E-state index contributed by atoms with van der Waals surface area (Å²) in [5, 5.41) is 0. The van der Waals surface area contributed by atoms with E-state index < -0.39 is 18.9 Å². The predicted octanol–water partition coefficient (Wildman–Crippen LogP) is 0.655. The molecule has 0 rings (SSSR count). The zero-order valence-corrected chi connectivity index (χ0v) is 15.2. The standard InChI is InChI=1S/C11H28NO6SSi/c1-12(2,3)11-18-19(13,14)9-7-8-10-20(15-4,16-5)17-6/h7-11H2,1-6H3/q+1. The molecule has 0 aromatic carbocycles. The fourth-order valence-electron chi connectivity index (χ4n) is 1.47. The van der Waals surface area contributed by atoms with Crippen molar-refractivity contribution in [2.45, 2.75) is 18.9 Å². The highest BCUT2D eigenvalue weighted by molar-refractivity contribution is 7.86. The fraction of sp³-hybridized carbons (Fsp3) is 1.00. The van der Waals surface area contributed by atoms with Gasteiger partial charge in [-0.2, -0.15) is 8.42 Å². The number of hydrogen-bond donors (Lipinski definition) is 0. The van der Waals surface area contributed by atoms with E-state index in [-0.39, 0.29) is 12.5 Å². The Bertz CT molecular complexity index is 355. The smallest absolute Gasteiger partial charge is 0.377 e. The van der Waals surface area contributed by atoms with E-state index in [4.69, 9.17) is 17.5 Å². The van der Waals surface area contributed by atoms with Gasteiger partial charge in [0.05, 0.1) is 26.9 Å². The Morgan fingerprint density at radius 3 is 1.85 bits per heavy atom. The molecule has 0 amide bonds. The summed E-state index contributed by atoms with van der Waals surface area (Å²) in [7, 11) is 4.15. The lowest BCUT2D eigenvalue weighted by Crippen LogP contribution is -2.42. The second-order valence-corrected chi connectivity index (χ2v) is 10.4. The van der Waals surface area contributed by atoms with Crippen LogP contribution in [0, 0.1) is 0 Å². The lowest BCUT2D eigenvalue weighted by molar-refractivity contribution is -0.886. The molecule has 0 aliphatic rings. The van der Waals surface area contributed by atoms with Gasteiger partial charge >= 0.3 is 8.80 Å². The van der Waals surface area contributed by atoms with Crippen molar-refractivity contribution in [1.82, 2.24) is 0 Å². The summed E-state index contributed by atoms with van der Waals surface area (Å²) in [4.78, 5) is 0. The van der Waals surface area contributed by atoms with Crippen molar-refractivity contribution in [3.63, 3.8) is 0 Å². The second kappa shape index (κ2) is 8.42. The van der Waals surface area contributed by atoms with Crippen LogP contribution in [-0.4, -0.2) is 76.7 Å². The molecule has 0 atom stereocenters. The van der Waals surface area contributed by atoms with Crippen molar-refractivity contribution in [2.24, 2.45) is 0 Å². The van der Waals surface area contributed by atoms with Gasteiger partial charge in [-0.1, -0.05) is 0 Å². The van der Waals surface area contributed by atoms with Gasteiger partial charge < -0.3 is 17.8 Å². The van der Waals surface area contributed by atoms with Crippen molar-refractivity contribution in [2.75, 3.05) is 55.0 Å². The van der Waals surface area contributed by atoms with Gasteiger partial charge in [0.1, 0.15) is 0 Å². The van der Waals surface area contributed by atoms with Crippen LogP contribution in [0.2, 0.25) is 6.04 Å². The van der Waals surface area contributed by atoms with Gasteiger partial charge in [0, 0.05) is 27.4 Å². The molecule has 0 aromatic rings. The monoisotopic (exact) mass is 330 g/mol. The maximum absolute atomic E-state index is 11.7. The largest absolute Gasteiger partial charge is 0.500 e. The summed E-state index contributed by atoms with van der Waals surface area (Å²) in [6, 6.07) is 0.585. The van der Waals surface area contributed by atoms with Crippen molar-refractivity contribution < 1.29 is 30.4 Å². The number of hydrogen-bond acceptors (Lipinski definition) is 6. The van der Waals surface area contributed by atoms with E-state index in [1.165, 1.54) is 0 Å². The highest BCUT2D eigenvalue weighted by atomic mass is 32.2. The van der Waals surface area contributed by atoms with Crippen molar-refractivity contribution in [3.05, 3.63) is 0 Å². The van der Waals surface area contributed by atoms with Crippen molar-refractivity contribution in [3.8, 4) is 0 Å². The minimum Gasteiger partial charge on any atom is -0.377 e. The van der Waals surface area contributed by atoms with Crippen LogP contribution < -0.4 is 0 Å². The van der Waals surface area contributed by atoms with E-state index in [2.05, 4.69) is 0 Å². The van der Waals surface area contributed by atoms with E-state index in [0.29, 0.717) is 23.4 Å². The highest BCUT2D eigenvalue weighted by Crippen LogP contribution is 2.17. The Morgan fingerprint density at radius 2 is 1.45 bits per heavy atom. The Hall–Kier alpha value is -0.0331. The molecule has 0 spiro atoms. The summed E-state index contributed by atoms with van der Waals surface area (Å²) in [6.07, 6.45) is 1.14. The summed E-state index contributed by atoms with van der Waals surface area (Å²) in [6.45, 7) is 0.134. The van der Waals surface area contributed by atoms with Crippen LogP contribution in [0.3, 0.4) is 0 Å². The summed E-state index contributed by atoms with van der Waals surface area (Å²) in [5.74, 6) is -0.00533. The zero-order valence-electron chi connectivity index (χ0n) is 13.3. The molecular weight excluding hydrogens is 302 g/mol. The second-order valence-electron chi connectivity index (χ2n) is 5.55. The molecule has 0 fully saturated rings. The van der Waals surface area contributed by atoms with Gasteiger partial charge in [-0.3, -0.25) is 0 Å². The molecule has 0 unspecified atom stereocenters. The molecule has 0 saturated carbocycles. The normalized spacial score (nSPS) is 13.7. The van der Waals surface area contributed by atoms with E-state index in [1.54, 1.807) is 21.3 Å². The molecule has 0 aliphatic heterocycles. The average molecular weight is 330 g/mol. The van der Waals surface area contributed by atoms with Crippen LogP contribution in [-0.2, 0) is 27.6 Å². The Labute approximate surface area is 123 Å². The van der Waals surface area contributed by atoms with Gasteiger partial charge in [0.15, 0.2) is 6.73 Å². The van der Waals surface area contributed by atoms with Crippen LogP contribution in [0.15, 0.2) is 0 Å². The van der Waals surface area contributed by atoms with Crippen LogP contribution >= 0.6 is 0 Å². The third-order valence-corrected chi connectivity index (χ3v) is 6.77. The topological polar surface area (TPSA) is 71.1 Å². The predicted molar refractivity (Wildman–Crippen MR) is 78.6 cm³/mol. The van der Waals surface area contributed by atoms with Crippen LogP contribution in [0.5, 0.6) is 0 Å². The molecule has 0 aromatic heterocycles. The molecule has 122 valence electrons. The number of rotatable bonds is 11. The molecular formula is C11H28NO6SSi+. The van der Waals surface area contributed by atoms with Gasteiger partial charge in [-0.15, -0.1) is 0 Å². The molecule has 0 heterocycles. The SMILES string of the molecule is CO[Si](CCCCS(=O)(=O)OC[N+](C)(C)C)(OC)OC. The third kappa shape index (κ3) is 8.30. The first-order valence-electron chi connectivity index (χ1n) is 6.43. The van der Waals surface area contributed by atoms with Gasteiger partial charge in [0.2, 0.25) is 0 Å².